The molecule has 2 atom stereocenters. The van der Waals surface area contributed by atoms with Gasteiger partial charge in [-0.3, -0.25) is 9.59 Å². The number of nitrogens with one attached hydrogen (secondary N) is 1. The van der Waals surface area contributed by atoms with E-state index in [1.54, 1.807) is 32.4 Å². The standard InChI is InChI=1S/C29H47N3O5/c1-6-14-31(20-22-8-9-22)28(33)18-24-11-12-25(19-30-24)32(21(2)3)29(34)23-10-13-26(36-5)27(17-23)37-16-7-15-35-4/h10,13,17,21-22,24-25,30H,6-9,11-12,14-16,18-20H2,1-5H3/t24-,25+/m0/s1. The largest absolute Gasteiger partial charge is 0.493 e. The zero-order valence-corrected chi connectivity index (χ0v) is 23.5. The van der Waals surface area contributed by atoms with E-state index in [-0.39, 0.29) is 29.9 Å². The Bertz CT molecular complexity index is 865. The van der Waals surface area contributed by atoms with E-state index >= 15 is 0 Å². The summed E-state index contributed by atoms with van der Waals surface area (Å²) in [7, 11) is 3.26. The summed E-state index contributed by atoms with van der Waals surface area (Å²) in [4.78, 5) is 30.7. The highest BCUT2D eigenvalue weighted by atomic mass is 16.5. The Morgan fingerprint density at radius 3 is 2.46 bits per heavy atom. The maximum Gasteiger partial charge on any atom is 0.254 e. The van der Waals surface area contributed by atoms with Crippen molar-refractivity contribution in [3.8, 4) is 11.5 Å². The maximum atomic E-state index is 13.7. The average molecular weight is 518 g/mol. The molecule has 1 saturated carbocycles. The zero-order valence-electron chi connectivity index (χ0n) is 23.5. The van der Waals surface area contributed by atoms with Crippen molar-refractivity contribution in [1.82, 2.24) is 15.1 Å². The maximum absolute atomic E-state index is 13.7. The number of methoxy groups -OCH3 is 2. The van der Waals surface area contributed by atoms with Crippen molar-refractivity contribution >= 4 is 11.8 Å². The van der Waals surface area contributed by atoms with E-state index in [0.29, 0.717) is 49.2 Å². The van der Waals surface area contributed by atoms with Gasteiger partial charge in [0.15, 0.2) is 11.5 Å². The predicted octanol–water partition coefficient (Wildman–Crippen LogP) is 4.12. The summed E-state index contributed by atoms with van der Waals surface area (Å²) in [6, 6.07) is 5.66. The molecule has 1 aromatic carbocycles. The van der Waals surface area contributed by atoms with Gasteiger partial charge in [0.1, 0.15) is 0 Å². The number of carbonyl (C=O) groups is 2. The van der Waals surface area contributed by atoms with Gasteiger partial charge in [0.2, 0.25) is 5.91 Å². The van der Waals surface area contributed by atoms with E-state index in [1.165, 1.54) is 12.8 Å². The molecule has 0 radical (unpaired) electrons. The molecule has 1 saturated heterocycles. The van der Waals surface area contributed by atoms with Crippen LogP contribution in [0.3, 0.4) is 0 Å². The Labute approximate surface area is 223 Å². The second-order valence-electron chi connectivity index (χ2n) is 10.7. The highest BCUT2D eigenvalue weighted by Crippen LogP contribution is 2.31. The molecule has 0 unspecified atom stereocenters. The van der Waals surface area contributed by atoms with Crippen molar-refractivity contribution in [2.45, 2.75) is 83.8 Å². The smallest absolute Gasteiger partial charge is 0.254 e. The van der Waals surface area contributed by atoms with Gasteiger partial charge in [0.25, 0.3) is 5.91 Å². The molecule has 0 aromatic heterocycles. The normalized spacial score (nSPS) is 19.5. The second-order valence-corrected chi connectivity index (χ2v) is 10.7. The van der Waals surface area contributed by atoms with Gasteiger partial charge in [0.05, 0.1) is 13.7 Å². The summed E-state index contributed by atoms with van der Waals surface area (Å²) in [6.07, 6.45) is 6.56. The average Bonchev–Trinajstić information content (AvgIpc) is 3.71. The molecule has 1 aliphatic heterocycles. The van der Waals surface area contributed by atoms with Crippen LogP contribution in [-0.2, 0) is 9.53 Å². The van der Waals surface area contributed by atoms with Crippen molar-refractivity contribution in [1.29, 1.82) is 0 Å². The lowest BCUT2D eigenvalue weighted by atomic mass is 9.95. The molecular weight excluding hydrogens is 470 g/mol. The topological polar surface area (TPSA) is 80.3 Å². The monoisotopic (exact) mass is 517 g/mol. The number of amides is 2. The SMILES string of the molecule is CCCN(CC1CC1)C(=O)C[C@@H]1CC[C@@H](N(C(=O)c2ccc(OC)c(OCCCOC)c2)C(C)C)CN1. The summed E-state index contributed by atoms with van der Waals surface area (Å²) in [5, 5.41) is 3.58. The van der Waals surface area contributed by atoms with Crippen molar-refractivity contribution in [3.63, 3.8) is 0 Å². The predicted molar refractivity (Wildman–Crippen MR) is 145 cm³/mol. The van der Waals surface area contributed by atoms with E-state index in [2.05, 4.69) is 31.0 Å². The van der Waals surface area contributed by atoms with Crippen LogP contribution in [0.15, 0.2) is 18.2 Å². The first-order valence-electron chi connectivity index (χ1n) is 14.0. The van der Waals surface area contributed by atoms with Crippen LogP contribution in [0.4, 0.5) is 0 Å². The van der Waals surface area contributed by atoms with Gasteiger partial charge >= 0.3 is 0 Å². The molecule has 1 aliphatic carbocycles. The third-order valence-corrected chi connectivity index (χ3v) is 7.28. The Morgan fingerprint density at radius 2 is 1.86 bits per heavy atom. The van der Waals surface area contributed by atoms with Crippen LogP contribution in [0.25, 0.3) is 0 Å². The summed E-state index contributed by atoms with van der Waals surface area (Å²) in [5.41, 5.74) is 0.587. The Morgan fingerprint density at radius 1 is 1.08 bits per heavy atom. The fraction of sp³-hybridized carbons (Fsp3) is 0.724. The molecule has 208 valence electrons. The van der Waals surface area contributed by atoms with Crippen LogP contribution in [0.1, 0.15) is 76.1 Å². The lowest BCUT2D eigenvalue weighted by Crippen LogP contribution is -2.54. The van der Waals surface area contributed by atoms with Crippen molar-refractivity contribution in [3.05, 3.63) is 23.8 Å². The minimum absolute atomic E-state index is 0.0146. The van der Waals surface area contributed by atoms with E-state index in [0.717, 1.165) is 38.8 Å². The number of benzene rings is 1. The number of ether oxygens (including phenoxy) is 3. The van der Waals surface area contributed by atoms with Crippen LogP contribution in [-0.4, -0.2) is 86.8 Å². The lowest BCUT2D eigenvalue weighted by Gasteiger charge is -2.40. The van der Waals surface area contributed by atoms with E-state index in [9.17, 15) is 9.59 Å². The number of hydrogen-bond donors (Lipinski definition) is 1. The van der Waals surface area contributed by atoms with Gasteiger partial charge in [-0.05, 0) is 70.1 Å². The van der Waals surface area contributed by atoms with Crippen LogP contribution in [0.2, 0.25) is 0 Å². The van der Waals surface area contributed by atoms with Crippen molar-refractivity contribution in [2.75, 3.05) is 47.1 Å². The summed E-state index contributed by atoms with van der Waals surface area (Å²) >= 11 is 0. The first-order valence-corrected chi connectivity index (χ1v) is 14.0. The fourth-order valence-corrected chi connectivity index (χ4v) is 5.13. The molecule has 2 amide bonds. The number of rotatable bonds is 15. The summed E-state index contributed by atoms with van der Waals surface area (Å²) in [5.74, 6) is 2.13. The van der Waals surface area contributed by atoms with Gasteiger partial charge in [-0.2, -0.15) is 0 Å². The number of carbonyl (C=O) groups excluding carboxylic acids is 2. The van der Waals surface area contributed by atoms with Gasteiger partial charge < -0.3 is 29.3 Å². The number of hydrogen-bond acceptors (Lipinski definition) is 6. The molecule has 2 fully saturated rings. The highest BCUT2D eigenvalue weighted by molar-refractivity contribution is 5.95. The molecule has 1 N–H and O–H groups in total. The van der Waals surface area contributed by atoms with E-state index in [4.69, 9.17) is 14.2 Å². The Balaban J connectivity index is 1.60. The first kappa shape index (κ1) is 29.2. The molecule has 2 aliphatic rings. The van der Waals surface area contributed by atoms with Crippen LogP contribution >= 0.6 is 0 Å². The van der Waals surface area contributed by atoms with Crippen molar-refractivity contribution < 1.29 is 23.8 Å². The number of piperidine rings is 1. The second kappa shape index (κ2) is 14.6. The molecule has 3 rings (SSSR count). The van der Waals surface area contributed by atoms with Gasteiger partial charge in [-0.15, -0.1) is 0 Å². The van der Waals surface area contributed by atoms with Gasteiger partial charge in [-0.1, -0.05) is 6.92 Å². The first-order chi connectivity index (χ1) is 17.9. The summed E-state index contributed by atoms with van der Waals surface area (Å²) in [6.45, 7) is 9.79. The Hall–Kier alpha value is -2.32. The Kier molecular flexibility index (Phi) is 11.5. The van der Waals surface area contributed by atoms with Crippen molar-refractivity contribution in [2.24, 2.45) is 5.92 Å². The van der Waals surface area contributed by atoms with Crippen LogP contribution in [0, 0.1) is 5.92 Å². The summed E-state index contributed by atoms with van der Waals surface area (Å²) < 4.78 is 16.4. The lowest BCUT2D eigenvalue weighted by molar-refractivity contribution is -0.132. The van der Waals surface area contributed by atoms with E-state index < -0.39 is 0 Å². The number of nitrogens with zero attached hydrogens (tertiary/aromatic N) is 2. The van der Waals surface area contributed by atoms with Gasteiger partial charge in [0, 0.05) is 69.9 Å². The van der Waals surface area contributed by atoms with Crippen LogP contribution < -0.4 is 14.8 Å². The molecule has 1 heterocycles. The third-order valence-electron chi connectivity index (χ3n) is 7.28. The molecular formula is C29H47N3O5. The highest BCUT2D eigenvalue weighted by Gasteiger charge is 2.33. The quantitative estimate of drug-likeness (QED) is 0.353. The molecule has 8 heteroatoms. The molecule has 8 nitrogen and oxygen atoms in total. The molecule has 0 spiro atoms. The fourth-order valence-electron chi connectivity index (χ4n) is 5.13. The molecule has 0 bridgehead atoms. The minimum atomic E-state index is -0.0146. The van der Waals surface area contributed by atoms with Crippen LogP contribution in [0.5, 0.6) is 11.5 Å². The third kappa shape index (κ3) is 8.60. The minimum Gasteiger partial charge on any atom is -0.493 e. The van der Waals surface area contributed by atoms with E-state index in [1.807, 2.05) is 4.90 Å². The molecule has 1 aromatic rings. The zero-order chi connectivity index (χ0) is 26.8. The van der Waals surface area contributed by atoms with Gasteiger partial charge in [-0.25, -0.2) is 0 Å². The molecule has 37 heavy (non-hydrogen) atoms.